The molecule has 17 heavy (non-hydrogen) atoms. The van der Waals surface area contributed by atoms with E-state index in [1.807, 2.05) is 16.7 Å². The third-order valence-electron chi connectivity index (χ3n) is 2.96. The fourth-order valence-corrected chi connectivity index (χ4v) is 1.99. The van der Waals surface area contributed by atoms with Crippen LogP contribution in [0.25, 0.3) is 0 Å². The summed E-state index contributed by atoms with van der Waals surface area (Å²) in [5, 5.41) is 17.1. The van der Waals surface area contributed by atoms with Crippen LogP contribution >= 0.6 is 0 Å². The molecule has 0 radical (unpaired) electrons. The molecule has 0 atom stereocenters. The summed E-state index contributed by atoms with van der Waals surface area (Å²) in [5.74, 6) is 1.83. The van der Waals surface area contributed by atoms with E-state index in [2.05, 4.69) is 20.1 Å². The van der Waals surface area contributed by atoms with Gasteiger partial charge in [0.05, 0.1) is 13.2 Å². The van der Waals surface area contributed by atoms with E-state index >= 15 is 0 Å². The highest BCUT2D eigenvalue weighted by Crippen LogP contribution is 2.18. The van der Waals surface area contributed by atoms with Crippen LogP contribution in [0.2, 0.25) is 0 Å². The molecule has 0 saturated carbocycles. The number of hydrogen-bond donors (Lipinski definition) is 1. The Hall–Kier alpha value is -1.95. The monoisotopic (exact) mass is 231 g/mol. The first-order chi connectivity index (χ1) is 8.36. The van der Waals surface area contributed by atoms with E-state index in [9.17, 15) is 0 Å². The highest BCUT2D eigenvalue weighted by Gasteiger charge is 2.18. The Morgan fingerprint density at radius 3 is 3.18 bits per heavy atom. The maximum Gasteiger partial charge on any atom is 0.152 e. The zero-order chi connectivity index (χ0) is 11.7. The maximum absolute atomic E-state index is 9.11. The summed E-state index contributed by atoms with van der Waals surface area (Å²) >= 11 is 0. The van der Waals surface area contributed by atoms with Crippen LogP contribution in [0.1, 0.15) is 11.4 Å². The number of aliphatic hydroxyl groups excluding tert-OH is 1. The van der Waals surface area contributed by atoms with E-state index in [1.165, 1.54) is 0 Å². The molecule has 1 aliphatic rings. The molecule has 3 rings (SSSR count). The van der Waals surface area contributed by atoms with Gasteiger partial charge in [0, 0.05) is 19.3 Å². The molecule has 0 saturated heterocycles. The summed E-state index contributed by atoms with van der Waals surface area (Å²) in [6.07, 6.45) is 3.48. The van der Waals surface area contributed by atoms with Gasteiger partial charge in [0.25, 0.3) is 0 Å². The average Bonchev–Trinajstić information content (AvgIpc) is 2.86. The second-order valence-corrected chi connectivity index (χ2v) is 4.04. The van der Waals surface area contributed by atoms with Crippen molar-refractivity contribution < 1.29 is 5.11 Å². The van der Waals surface area contributed by atoms with Gasteiger partial charge >= 0.3 is 0 Å². The zero-order valence-corrected chi connectivity index (χ0v) is 9.32. The lowest BCUT2D eigenvalue weighted by Gasteiger charge is -2.28. The molecule has 1 N–H and O–H groups in total. The van der Waals surface area contributed by atoms with Gasteiger partial charge in [0.15, 0.2) is 5.82 Å². The van der Waals surface area contributed by atoms with Crippen molar-refractivity contribution in [1.82, 2.24) is 19.7 Å². The van der Waals surface area contributed by atoms with Crippen LogP contribution < -0.4 is 4.90 Å². The van der Waals surface area contributed by atoms with E-state index in [-0.39, 0.29) is 6.61 Å². The van der Waals surface area contributed by atoms with Crippen molar-refractivity contribution in [2.24, 2.45) is 0 Å². The van der Waals surface area contributed by atoms with Gasteiger partial charge in [-0.25, -0.2) is 4.98 Å². The number of anilines is 1. The Morgan fingerprint density at radius 1 is 1.35 bits per heavy atom. The van der Waals surface area contributed by atoms with Crippen molar-refractivity contribution in [2.75, 3.05) is 11.4 Å². The number of aliphatic hydroxyl groups is 1. The van der Waals surface area contributed by atoms with Crippen LogP contribution in [-0.2, 0) is 19.7 Å². The quantitative estimate of drug-likeness (QED) is 0.799. The molecule has 2 aromatic rings. The number of hydrogen-bond acceptors (Lipinski definition) is 5. The smallest absolute Gasteiger partial charge is 0.152 e. The van der Waals surface area contributed by atoms with Crippen molar-refractivity contribution in [3.05, 3.63) is 36.0 Å². The van der Waals surface area contributed by atoms with Crippen LogP contribution in [0.3, 0.4) is 0 Å². The molecule has 0 aromatic carbocycles. The van der Waals surface area contributed by atoms with Crippen LogP contribution in [0.15, 0.2) is 24.7 Å². The minimum Gasteiger partial charge on any atom is -0.392 e. The molecule has 0 amide bonds. The predicted octanol–water partition coefficient (Wildman–Crippen LogP) is 0.186. The lowest BCUT2D eigenvalue weighted by atomic mass is 10.2. The van der Waals surface area contributed by atoms with Gasteiger partial charge in [-0.05, 0) is 17.7 Å². The third kappa shape index (κ3) is 1.87. The van der Waals surface area contributed by atoms with Gasteiger partial charge in [-0.1, -0.05) is 0 Å². The van der Waals surface area contributed by atoms with Crippen LogP contribution in [0.4, 0.5) is 5.82 Å². The normalized spacial score (nSPS) is 14.8. The topological polar surface area (TPSA) is 67.1 Å². The van der Waals surface area contributed by atoms with Crippen LogP contribution in [0.5, 0.6) is 0 Å². The van der Waals surface area contributed by atoms with E-state index < -0.39 is 0 Å². The number of aromatic nitrogens is 4. The van der Waals surface area contributed by atoms with E-state index in [4.69, 9.17) is 5.11 Å². The summed E-state index contributed by atoms with van der Waals surface area (Å²) in [7, 11) is 0. The largest absolute Gasteiger partial charge is 0.392 e. The molecule has 88 valence electrons. The Labute approximate surface area is 98.5 Å². The summed E-state index contributed by atoms with van der Waals surface area (Å²) in [6, 6.07) is 3.72. The van der Waals surface area contributed by atoms with E-state index in [0.29, 0.717) is 6.54 Å². The fourth-order valence-electron chi connectivity index (χ4n) is 1.99. The van der Waals surface area contributed by atoms with Crippen molar-refractivity contribution in [3.63, 3.8) is 0 Å². The molecule has 0 bridgehead atoms. The maximum atomic E-state index is 9.11. The Morgan fingerprint density at radius 2 is 2.29 bits per heavy atom. The number of rotatable bonds is 2. The molecule has 0 fully saturated rings. The number of fused-ring (bicyclic) bond motifs is 1. The number of pyridine rings is 1. The number of nitrogens with zero attached hydrogens (tertiary/aromatic N) is 5. The third-order valence-corrected chi connectivity index (χ3v) is 2.96. The van der Waals surface area contributed by atoms with Gasteiger partial charge in [0.1, 0.15) is 12.1 Å². The average molecular weight is 231 g/mol. The van der Waals surface area contributed by atoms with Gasteiger partial charge in [-0.2, -0.15) is 0 Å². The lowest BCUT2D eigenvalue weighted by Crippen LogP contribution is -2.34. The molecule has 6 nitrogen and oxygen atoms in total. The van der Waals surface area contributed by atoms with Gasteiger partial charge < -0.3 is 14.6 Å². The summed E-state index contributed by atoms with van der Waals surface area (Å²) in [6.45, 7) is 2.50. The van der Waals surface area contributed by atoms with Crippen LogP contribution in [-0.4, -0.2) is 31.4 Å². The SMILES string of the molecule is OCc1ccnc(N2CCn3cnnc3C2)c1. The molecule has 0 spiro atoms. The van der Waals surface area contributed by atoms with Crippen molar-refractivity contribution >= 4 is 5.82 Å². The summed E-state index contributed by atoms with van der Waals surface area (Å²) in [4.78, 5) is 6.47. The molecule has 1 aliphatic heterocycles. The van der Waals surface area contributed by atoms with Crippen molar-refractivity contribution in [3.8, 4) is 0 Å². The van der Waals surface area contributed by atoms with E-state index in [0.717, 1.165) is 30.3 Å². The van der Waals surface area contributed by atoms with Crippen molar-refractivity contribution in [1.29, 1.82) is 0 Å². The second kappa shape index (κ2) is 4.14. The molecular formula is C11H13N5O. The fraction of sp³-hybridized carbons (Fsp3) is 0.364. The highest BCUT2D eigenvalue weighted by molar-refractivity contribution is 5.41. The Balaban J connectivity index is 1.86. The minimum absolute atomic E-state index is 0.0412. The van der Waals surface area contributed by atoms with Gasteiger partial charge in [0.2, 0.25) is 0 Å². The molecule has 3 heterocycles. The molecule has 2 aromatic heterocycles. The lowest BCUT2D eigenvalue weighted by molar-refractivity contribution is 0.281. The summed E-state index contributed by atoms with van der Waals surface area (Å²) < 4.78 is 2.05. The standard InChI is InChI=1S/C11H13N5O/c17-7-9-1-2-12-10(5-9)15-3-4-16-8-13-14-11(16)6-15/h1-2,5,8,17H,3-4,6-7H2. The summed E-state index contributed by atoms with van der Waals surface area (Å²) in [5.41, 5.74) is 0.877. The molecular weight excluding hydrogens is 218 g/mol. The first kappa shape index (κ1) is 10.2. The van der Waals surface area contributed by atoms with E-state index in [1.54, 1.807) is 12.5 Å². The first-order valence-electron chi connectivity index (χ1n) is 5.54. The molecule has 0 unspecified atom stereocenters. The van der Waals surface area contributed by atoms with Crippen LogP contribution in [0, 0.1) is 0 Å². The zero-order valence-electron chi connectivity index (χ0n) is 9.32. The van der Waals surface area contributed by atoms with Gasteiger partial charge in [-0.15, -0.1) is 10.2 Å². The Kier molecular flexibility index (Phi) is 2.49. The minimum atomic E-state index is 0.0412. The molecule has 0 aliphatic carbocycles. The first-order valence-corrected chi connectivity index (χ1v) is 5.54. The van der Waals surface area contributed by atoms with Gasteiger partial charge in [-0.3, -0.25) is 0 Å². The molecule has 6 heteroatoms. The highest BCUT2D eigenvalue weighted by atomic mass is 16.3. The predicted molar refractivity (Wildman–Crippen MR) is 61.2 cm³/mol. The second-order valence-electron chi connectivity index (χ2n) is 4.04. The Bertz CT molecular complexity index is 524. The van der Waals surface area contributed by atoms with Crippen molar-refractivity contribution in [2.45, 2.75) is 19.7 Å².